The van der Waals surface area contributed by atoms with E-state index in [9.17, 15) is 0 Å². The predicted molar refractivity (Wildman–Crippen MR) is 323 cm³/mol. The molecule has 3 aliphatic rings. The van der Waals surface area contributed by atoms with Crippen molar-refractivity contribution in [2.75, 3.05) is 12.5 Å². The van der Waals surface area contributed by atoms with Gasteiger partial charge in [0.1, 0.15) is 8.07 Å². The molecule has 4 aromatic carbocycles. The molecule has 0 saturated heterocycles. The molecule has 342 valence electrons. The molecule has 9 heterocycles. The third-order valence-corrected chi connectivity index (χ3v) is 41.0. The van der Waals surface area contributed by atoms with E-state index in [-0.39, 0.29) is 0 Å². The average Bonchev–Trinajstić information content (AvgIpc) is 4.27. The number of thioether (sulfide) groups is 2. The second-order valence-corrected chi connectivity index (χ2v) is 38.9. The molecule has 6 aromatic heterocycles. The van der Waals surface area contributed by atoms with E-state index in [0.717, 1.165) is 0 Å². The molecular formula is C58H50S8Si3. The maximum atomic E-state index is 2.75. The molecular weight excluding hydrogens is 1040 g/mol. The summed E-state index contributed by atoms with van der Waals surface area (Å²) in [7, 11) is -7.16. The zero-order valence-corrected chi connectivity index (χ0v) is 48.6. The molecule has 0 fully saturated rings. The van der Waals surface area contributed by atoms with Gasteiger partial charge in [0.2, 0.25) is 0 Å². The topological polar surface area (TPSA) is 0 Å². The highest BCUT2D eigenvalue weighted by molar-refractivity contribution is 8.00. The first-order chi connectivity index (χ1) is 34.0. The van der Waals surface area contributed by atoms with Crippen LogP contribution in [0.4, 0.5) is 0 Å². The normalized spacial score (nSPS) is 15.2. The number of thiophene rings is 6. The van der Waals surface area contributed by atoms with Gasteiger partial charge in [0.05, 0.1) is 8.42 Å². The number of rotatable bonds is 14. The minimum atomic E-state index is -2.54. The van der Waals surface area contributed by atoms with Crippen LogP contribution in [0.5, 0.6) is 0 Å². The zero-order chi connectivity index (χ0) is 46.5. The second kappa shape index (κ2) is 17.9. The zero-order valence-electron chi connectivity index (χ0n) is 39.0. The van der Waals surface area contributed by atoms with Crippen molar-refractivity contribution in [3.63, 3.8) is 0 Å². The van der Waals surface area contributed by atoms with Gasteiger partial charge in [-0.25, -0.2) is 0 Å². The van der Waals surface area contributed by atoms with Gasteiger partial charge < -0.3 is 0 Å². The van der Waals surface area contributed by atoms with Crippen LogP contribution in [0.15, 0.2) is 166 Å². The Labute approximate surface area is 442 Å². The molecule has 3 aliphatic heterocycles. The average molecular weight is 1090 g/mol. The maximum absolute atomic E-state index is 2.75. The fourth-order valence-corrected chi connectivity index (χ4v) is 40.9. The van der Waals surface area contributed by atoms with E-state index in [0.29, 0.717) is 0 Å². The van der Waals surface area contributed by atoms with E-state index >= 15 is 0 Å². The molecule has 69 heavy (non-hydrogen) atoms. The van der Waals surface area contributed by atoms with E-state index in [1.165, 1.54) is 106 Å². The SMILES string of the molecule is CCCC[Si]1(CCCC)c2cc(-c3cc4c(s3)-c3sc(SC)cc3[Si]4(c3ccccc3)c3ccccc3)sc2-c2sc(-c3cc4c(s3)-c3sc(SC)cc3[Si]4(c3ccccc3)c3ccccc3)cc21. The van der Waals surface area contributed by atoms with Crippen molar-refractivity contribution < 1.29 is 0 Å². The first-order valence-corrected chi connectivity index (χ1v) is 37.9. The van der Waals surface area contributed by atoms with Crippen LogP contribution < -0.4 is 51.9 Å². The van der Waals surface area contributed by atoms with Gasteiger partial charge in [-0.2, -0.15) is 0 Å². The number of benzene rings is 4. The first-order valence-electron chi connectivity index (χ1n) is 24.2. The smallest absolute Gasteiger partial charge is 0.134 e. The summed E-state index contributed by atoms with van der Waals surface area (Å²) >= 11 is 16.3. The molecule has 0 N–H and O–H groups in total. The van der Waals surface area contributed by atoms with Crippen molar-refractivity contribution in [2.45, 2.75) is 60.0 Å². The highest BCUT2D eigenvalue weighted by Gasteiger charge is 2.54. The fourth-order valence-electron chi connectivity index (χ4n) is 12.2. The number of hydrogen-bond donors (Lipinski definition) is 0. The second-order valence-electron chi connectivity index (χ2n) is 18.7. The summed E-state index contributed by atoms with van der Waals surface area (Å²) in [5, 5.41) is 15.8. The number of unbranched alkanes of at least 4 members (excludes halogenated alkanes) is 2. The first kappa shape index (κ1) is 45.3. The lowest BCUT2D eigenvalue weighted by molar-refractivity contribution is 0.839. The molecule has 11 heteroatoms. The Kier molecular flexibility index (Phi) is 11.7. The molecule has 0 nitrogen and oxygen atoms in total. The van der Waals surface area contributed by atoms with Crippen LogP contribution in [-0.4, -0.2) is 36.7 Å². The van der Waals surface area contributed by atoms with Crippen molar-refractivity contribution in [1.82, 2.24) is 0 Å². The van der Waals surface area contributed by atoms with Gasteiger partial charge in [0.15, 0.2) is 16.1 Å². The summed E-state index contributed by atoms with van der Waals surface area (Å²) in [5.74, 6) is 0. The Hall–Kier alpha value is -3.57. The highest BCUT2D eigenvalue weighted by Crippen LogP contribution is 2.52. The monoisotopic (exact) mass is 1090 g/mol. The molecule has 10 aromatic rings. The van der Waals surface area contributed by atoms with Crippen molar-refractivity contribution >= 4 is 168 Å². The van der Waals surface area contributed by atoms with Crippen molar-refractivity contribution in [3.8, 4) is 48.8 Å². The van der Waals surface area contributed by atoms with Gasteiger partial charge in [-0.05, 0) is 113 Å². The predicted octanol–water partition coefficient (Wildman–Crippen LogP) is 12.7. The summed E-state index contributed by atoms with van der Waals surface area (Å²) < 4.78 is 2.85. The van der Waals surface area contributed by atoms with Gasteiger partial charge >= 0.3 is 0 Å². The van der Waals surface area contributed by atoms with Crippen LogP contribution in [0.25, 0.3) is 48.8 Å². The molecule has 0 aliphatic carbocycles. The standard InChI is InChI=1S/C58H50S8Si3/c1-5-7-29-67(30-8-6-2)45-31-41(43-33-47-55(63-43)57-49(35-51(59-3)65-57)68(47,37-21-13-9-14-22-37)38-23-15-10-16-24-38)61-53(45)54-46(67)32-42(62-54)44-34-48-56(64-44)58-50(36-52(60-4)66-58)69(48,39-25-17-11-18-26-39)40-27-19-12-20-28-40/h9-28,31-36H,5-8,29-30H2,1-4H3. The third-order valence-electron chi connectivity index (χ3n) is 15.2. The van der Waals surface area contributed by atoms with Crippen LogP contribution in [0.2, 0.25) is 12.1 Å². The maximum Gasteiger partial charge on any atom is 0.182 e. The Morgan fingerprint density at radius 3 is 0.928 bits per heavy atom. The van der Waals surface area contributed by atoms with Gasteiger partial charge in [0.25, 0.3) is 0 Å². The Morgan fingerprint density at radius 2 is 0.623 bits per heavy atom. The summed E-state index contributed by atoms with van der Waals surface area (Å²) in [6.07, 6.45) is 9.58. The highest BCUT2D eigenvalue weighted by atomic mass is 32.2. The largest absolute Gasteiger partial charge is 0.182 e. The van der Waals surface area contributed by atoms with Crippen LogP contribution in [0.3, 0.4) is 0 Å². The molecule has 0 amide bonds. The van der Waals surface area contributed by atoms with Crippen LogP contribution in [-0.2, 0) is 0 Å². The van der Waals surface area contributed by atoms with E-state index < -0.39 is 24.2 Å². The van der Waals surface area contributed by atoms with Gasteiger partial charge in [-0.15, -0.1) is 91.5 Å². The van der Waals surface area contributed by atoms with E-state index in [2.05, 4.69) is 229 Å². The van der Waals surface area contributed by atoms with Crippen molar-refractivity contribution in [3.05, 3.63) is 158 Å². The number of hydrogen-bond acceptors (Lipinski definition) is 8. The Balaban J connectivity index is 0.985. The van der Waals surface area contributed by atoms with Crippen molar-refractivity contribution in [2.24, 2.45) is 0 Å². The lowest BCUT2D eigenvalue weighted by Crippen LogP contribution is -2.72. The fraction of sp³-hybridized carbons (Fsp3) is 0.172. The Bertz CT molecular complexity index is 3200. The molecule has 0 atom stereocenters. The summed E-state index contributed by atoms with van der Waals surface area (Å²) in [6, 6.07) is 65.0. The van der Waals surface area contributed by atoms with E-state index in [4.69, 9.17) is 0 Å². The molecule has 0 spiro atoms. The van der Waals surface area contributed by atoms with Gasteiger partial charge in [-0.1, -0.05) is 161 Å². The van der Waals surface area contributed by atoms with Gasteiger partial charge in [0, 0.05) is 48.8 Å². The quantitative estimate of drug-likeness (QED) is 0.0786. The number of fused-ring (bicyclic) bond motifs is 9. The molecule has 0 bridgehead atoms. The molecule has 0 unspecified atom stereocenters. The molecule has 13 rings (SSSR count). The van der Waals surface area contributed by atoms with Gasteiger partial charge in [-0.3, -0.25) is 0 Å². The molecule has 0 radical (unpaired) electrons. The van der Waals surface area contributed by atoms with Crippen LogP contribution in [0.1, 0.15) is 39.5 Å². The van der Waals surface area contributed by atoms with Crippen molar-refractivity contribution in [1.29, 1.82) is 0 Å². The molecule has 0 saturated carbocycles. The summed E-state index contributed by atoms with van der Waals surface area (Å²) in [6.45, 7) is 4.82. The minimum Gasteiger partial charge on any atom is -0.134 e. The lowest BCUT2D eigenvalue weighted by Gasteiger charge is -2.30. The summed E-state index contributed by atoms with van der Waals surface area (Å²) in [5.41, 5.74) is 0. The Morgan fingerprint density at radius 1 is 0.348 bits per heavy atom. The minimum absolute atomic E-state index is 1.24. The van der Waals surface area contributed by atoms with Crippen LogP contribution >= 0.6 is 91.5 Å². The van der Waals surface area contributed by atoms with E-state index in [1.807, 2.05) is 46.2 Å². The third kappa shape index (κ3) is 6.64. The van der Waals surface area contributed by atoms with E-state index in [1.54, 1.807) is 40.9 Å². The lowest BCUT2D eigenvalue weighted by atomic mass is 10.3. The van der Waals surface area contributed by atoms with Crippen LogP contribution in [0, 0.1) is 0 Å². The summed E-state index contributed by atoms with van der Waals surface area (Å²) in [4.78, 5) is 15.2.